The molecule has 0 saturated carbocycles. The molecule has 0 unspecified atom stereocenters. The SMILES string of the molecule is O=C(c1ccccc1SCc1cscn1)N1CCC(O)CC1. The highest BCUT2D eigenvalue weighted by Crippen LogP contribution is 2.27. The molecular formula is C16H18N2O2S2. The Balaban J connectivity index is 1.71. The molecule has 1 aromatic carbocycles. The first-order chi connectivity index (χ1) is 10.7. The summed E-state index contributed by atoms with van der Waals surface area (Å²) in [5.41, 5.74) is 3.61. The Labute approximate surface area is 138 Å². The number of aromatic nitrogens is 1. The summed E-state index contributed by atoms with van der Waals surface area (Å²) in [6.07, 6.45) is 1.07. The van der Waals surface area contributed by atoms with Crippen molar-refractivity contribution < 1.29 is 9.90 Å². The monoisotopic (exact) mass is 334 g/mol. The third kappa shape index (κ3) is 3.69. The van der Waals surface area contributed by atoms with Crippen molar-refractivity contribution in [3.63, 3.8) is 0 Å². The molecule has 1 aliphatic rings. The highest BCUT2D eigenvalue weighted by atomic mass is 32.2. The summed E-state index contributed by atoms with van der Waals surface area (Å²) in [6, 6.07) is 7.73. The van der Waals surface area contributed by atoms with Crippen LogP contribution in [-0.2, 0) is 5.75 Å². The number of benzene rings is 1. The van der Waals surface area contributed by atoms with Crippen LogP contribution in [0, 0.1) is 0 Å². The van der Waals surface area contributed by atoms with Gasteiger partial charge in [-0.05, 0) is 25.0 Å². The van der Waals surface area contributed by atoms with Crippen LogP contribution in [0.3, 0.4) is 0 Å². The third-order valence-electron chi connectivity index (χ3n) is 3.73. The molecule has 1 saturated heterocycles. The van der Waals surface area contributed by atoms with Gasteiger partial charge in [0.1, 0.15) is 0 Å². The lowest BCUT2D eigenvalue weighted by molar-refractivity contribution is 0.0543. The van der Waals surface area contributed by atoms with Crippen LogP contribution < -0.4 is 0 Å². The fraction of sp³-hybridized carbons (Fsp3) is 0.375. The van der Waals surface area contributed by atoms with E-state index in [1.807, 2.05) is 40.1 Å². The van der Waals surface area contributed by atoms with Crippen LogP contribution in [0.2, 0.25) is 0 Å². The standard InChI is InChI=1S/C16H18N2O2S2/c19-13-5-7-18(8-6-13)16(20)14-3-1-2-4-15(14)22-10-12-9-21-11-17-12/h1-4,9,11,13,19H,5-8,10H2. The van der Waals surface area contributed by atoms with E-state index in [0.717, 1.165) is 21.9 Å². The fourth-order valence-corrected chi connectivity index (χ4v) is 4.08. The second kappa shape index (κ2) is 7.26. The van der Waals surface area contributed by atoms with Gasteiger partial charge in [0.05, 0.1) is 22.9 Å². The van der Waals surface area contributed by atoms with Crippen LogP contribution >= 0.6 is 23.1 Å². The normalized spacial score (nSPS) is 16.0. The predicted octanol–water partition coefficient (Wildman–Crippen LogP) is 3.03. The molecule has 1 aromatic heterocycles. The summed E-state index contributed by atoms with van der Waals surface area (Å²) in [4.78, 5) is 19.8. The molecule has 6 heteroatoms. The minimum atomic E-state index is -0.265. The molecule has 1 fully saturated rings. The number of carbonyl (C=O) groups is 1. The van der Waals surface area contributed by atoms with E-state index in [1.165, 1.54) is 0 Å². The zero-order valence-corrected chi connectivity index (χ0v) is 13.8. The number of hydrogen-bond acceptors (Lipinski definition) is 5. The van der Waals surface area contributed by atoms with E-state index >= 15 is 0 Å². The van der Waals surface area contributed by atoms with Crippen LogP contribution in [0.25, 0.3) is 0 Å². The van der Waals surface area contributed by atoms with Crippen LogP contribution in [0.4, 0.5) is 0 Å². The molecule has 2 heterocycles. The van der Waals surface area contributed by atoms with Crippen molar-refractivity contribution in [1.29, 1.82) is 0 Å². The number of thiazole rings is 1. The highest BCUT2D eigenvalue weighted by molar-refractivity contribution is 7.98. The molecule has 0 atom stereocenters. The Kier molecular flexibility index (Phi) is 5.12. The van der Waals surface area contributed by atoms with E-state index in [-0.39, 0.29) is 12.0 Å². The summed E-state index contributed by atoms with van der Waals surface area (Å²) in [5, 5.41) is 11.6. The molecule has 2 aromatic rings. The quantitative estimate of drug-likeness (QED) is 0.873. The average molecular weight is 334 g/mol. The van der Waals surface area contributed by atoms with Gasteiger partial charge < -0.3 is 10.0 Å². The lowest BCUT2D eigenvalue weighted by Crippen LogP contribution is -2.40. The zero-order chi connectivity index (χ0) is 15.4. The molecule has 1 aliphatic heterocycles. The Hall–Kier alpha value is -1.37. The maximum Gasteiger partial charge on any atom is 0.254 e. The van der Waals surface area contributed by atoms with E-state index < -0.39 is 0 Å². The number of hydrogen-bond donors (Lipinski definition) is 1. The van der Waals surface area contributed by atoms with Crippen molar-refractivity contribution in [2.75, 3.05) is 13.1 Å². The molecule has 1 amide bonds. The summed E-state index contributed by atoms with van der Waals surface area (Å²) in [5.74, 6) is 0.834. The predicted molar refractivity (Wildman–Crippen MR) is 89.3 cm³/mol. The molecular weight excluding hydrogens is 316 g/mol. The molecule has 0 spiro atoms. The van der Waals surface area contributed by atoms with E-state index in [1.54, 1.807) is 23.1 Å². The van der Waals surface area contributed by atoms with Crippen molar-refractivity contribution in [3.05, 3.63) is 46.4 Å². The van der Waals surface area contributed by atoms with E-state index in [2.05, 4.69) is 4.98 Å². The second-order valence-corrected chi connectivity index (χ2v) is 7.02. The molecule has 1 N–H and O–H groups in total. The molecule has 0 aliphatic carbocycles. The number of carbonyl (C=O) groups excluding carboxylic acids is 1. The largest absolute Gasteiger partial charge is 0.393 e. The smallest absolute Gasteiger partial charge is 0.254 e. The summed E-state index contributed by atoms with van der Waals surface area (Å²) in [7, 11) is 0. The number of amides is 1. The molecule has 4 nitrogen and oxygen atoms in total. The second-order valence-electron chi connectivity index (χ2n) is 5.29. The molecule has 3 rings (SSSR count). The molecule has 22 heavy (non-hydrogen) atoms. The van der Waals surface area contributed by atoms with Crippen LogP contribution in [-0.4, -0.2) is 40.1 Å². The summed E-state index contributed by atoms with van der Waals surface area (Å²) in [6.45, 7) is 1.26. The number of piperidine rings is 1. The highest BCUT2D eigenvalue weighted by Gasteiger charge is 2.23. The Morgan fingerprint density at radius 3 is 2.86 bits per heavy atom. The van der Waals surface area contributed by atoms with Crippen LogP contribution in [0.1, 0.15) is 28.9 Å². The third-order valence-corrected chi connectivity index (χ3v) is 5.47. The minimum Gasteiger partial charge on any atom is -0.393 e. The van der Waals surface area contributed by atoms with Gasteiger partial charge in [0.25, 0.3) is 5.91 Å². The average Bonchev–Trinajstić information content (AvgIpc) is 3.07. The first kappa shape index (κ1) is 15.5. The molecule has 116 valence electrons. The van der Waals surface area contributed by atoms with Crippen molar-refractivity contribution in [2.45, 2.75) is 29.6 Å². The summed E-state index contributed by atoms with van der Waals surface area (Å²) >= 11 is 3.23. The topological polar surface area (TPSA) is 53.4 Å². The first-order valence-electron chi connectivity index (χ1n) is 7.30. The number of rotatable bonds is 4. The number of aliphatic hydroxyl groups is 1. The first-order valence-corrected chi connectivity index (χ1v) is 9.23. The molecule has 0 radical (unpaired) electrons. The maximum atomic E-state index is 12.7. The van der Waals surface area contributed by atoms with Gasteiger partial charge in [-0.25, -0.2) is 4.98 Å². The van der Waals surface area contributed by atoms with E-state index in [0.29, 0.717) is 25.9 Å². The van der Waals surface area contributed by atoms with E-state index in [4.69, 9.17) is 0 Å². The van der Waals surface area contributed by atoms with Gasteiger partial charge in [0, 0.05) is 29.1 Å². The summed E-state index contributed by atoms with van der Waals surface area (Å²) < 4.78 is 0. The van der Waals surface area contributed by atoms with Crippen molar-refractivity contribution >= 4 is 29.0 Å². The van der Waals surface area contributed by atoms with Crippen LogP contribution in [0.5, 0.6) is 0 Å². The van der Waals surface area contributed by atoms with Gasteiger partial charge in [0.15, 0.2) is 0 Å². The Bertz CT molecular complexity index is 623. The number of aliphatic hydroxyl groups excluding tert-OH is 1. The van der Waals surface area contributed by atoms with Gasteiger partial charge in [0.2, 0.25) is 0 Å². The number of nitrogens with zero attached hydrogens (tertiary/aromatic N) is 2. The lowest BCUT2D eigenvalue weighted by atomic mass is 10.1. The lowest BCUT2D eigenvalue weighted by Gasteiger charge is -2.30. The fourth-order valence-electron chi connectivity index (χ4n) is 2.47. The van der Waals surface area contributed by atoms with Crippen molar-refractivity contribution in [1.82, 2.24) is 9.88 Å². The number of thioether (sulfide) groups is 1. The maximum absolute atomic E-state index is 12.7. The van der Waals surface area contributed by atoms with Crippen molar-refractivity contribution in [2.24, 2.45) is 0 Å². The van der Waals surface area contributed by atoms with Gasteiger partial charge in [-0.1, -0.05) is 12.1 Å². The number of likely N-dealkylation sites (tertiary alicyclic amines) is 1. The van der Waals surface area contributed by atoms with E-state index in [9.17, 15) is 9.90 Å². The minimum absolute atomic E-state index is 0.0632. The molecule has 0 bridgehead atoms. The van der Waals surface area contributed by atoms with Crippen molar-refractivity contribution in [3.8, 4) is 0 Å². The Morgan fingerprint density at radius 2 is 2.14 bits per heavy atom. The van der Waals surface area contributed by atoms with Gasteiger partial charge >= 0.3 is 0 Å². The van der Waals surface area contributed by atoms with Gasteiger partial charge in [-0.2, -0.15) is 0 Å². The van der Waals surface area contributed by atoms with Crippen LogP contribution in [0.15, 0.2) is 40.1 Å². The van der Waals surface area contributed by atoms with Gasteiger partial charge in [-0.3, -0.25) is 4.79 Å². The Morgan fingerprint density at radius 1 is 1.36 bits per heavy atom. The van der Waals surface area contributed by atoms with Gasteiger partial charge in [-0.15, -0.1) is 23.1 Å². The zero-order valence-electron chi connectivity index (χ0n) is 12.1.